The van der Waals surface area contributed by atoms with Crippen molar-refractivity contribution < 1.29 is 20.8 Å². The largest absolute Gasteiger partial charge is 0.412 e. The highest BCUT2D eigenvalue weighted by atomic mass is 16.5. The molecule has 5 nitrogen and oxygen atoms in total. The quantitative estimate of drug-likeness (QED) is 0.322. The number of hydrogen-bond donors (Lipinski definition) is 4. The number of rotatable bonds is 3. The van der Waals surface area contributed by atoms with Gasteiger partial charge in [-0.2, -0.15) is 0 Å². The maximum Gasteiger partial charge on any atom is 0.246 e. The highest BCUT2D eigenvalue weighted by Crippen LogP contribution is 1.87. The molecule has 0 aliphatic rings. The number of likely N-dealkylation sites (N-methyl/N-ethyl adjacent to an activating group) is 1. The second kappa shape index (κ2) is 4.66. The Labute approximate surface area is 53.2 Å². The van der Waals surface area contributed by atoms with Gasteiger partial charge < -0.3 is 20.8 Å². The SMILES string of the molecule is CCNC(O)(O)CO.O. The molecule has 0 rings (SSSR count). The van der Waals surface area contributed by atoms with E-state index in [2.05, 4.69) is 5.32 Å². The Bertz CT molecular complexity index is 65.6. The second-order valence-corrected chi connectivity index (χ2v) is 1.51. The van der Waals surface area contributed by atoms with Crippen LogP contribution in [0.4, 0.5) is 0 Å². The molecule has 58 valence electrons. The van der Waals surface area contributed by atoms with Crippen LogP contribution in [-0.4, -0.2) is 39.9 Å². The van der Waals surface area contributed by atoms with E-state index in [9.17, 15) is 0 Å². The third kappa shape index (κ3) is 5.67. The average molecular weight is 139 g/mol. The van der Waals surface area contributed by atoms with Gasteiger partial charge in [0.25, 0.3) is 0 Å². The minimum Gasteiger partial charge on any atom is -0.412 e. The molecule has 0 fully saturated rings. The average Bonchev–Trinajstić information content (AvgIpc) is 1.67. The van der Waals surface area contributed by atoms with Crippen LogP contribution in [0, 0.1) is 0 Å². The van der Waals surface area contributed by atoms with Crippen molar-refractivity contribution in [1.82, 2.24) is 5.32 Å². The van der Waals surface area contributed by atoms with Crippen LogP contribution in [0.1, 0.15) is 6.92 Å². The third-order valence-electron chi connectivity index (χ3n) is 0.680. The van der Waals surface area contributed by atoms with E-state index in [-0.39, 0.29) is 5.48 Å². The van der Waals surface area contributed by atoms with Crippen molar-refractivity contribution in [2.24, 2.45) is 0 Å². The van der Waals surface area contributed by atoms with Gasteiger partial charge in [-0.3, -0.25) is 5.32 Å². The van der Waals surface area contributed by atoms with Gasteiger partial charge in [0, 0.05) is 0 Å². The zero-order valence-electron chi connectivity index (χ0n) is 5.26. The lowest BCUT2D eigenvalue weighted by Crippen LogP contribution is -2.48. The first-order valence-electron chi connectivity index (χ1n) is 2.43. The number of aliphatic hydroxyl groups excluding tert-OH is 1. The molecule has 0 aliphatic carbocycles. The van der Waals surface area contributed by atoms with Gasteiger partial charge in [-0.25, -0.2) is 0 Å². The molecule has 0 bridgehead atoms. The van der Waals surface area contributed by atoms with E-state index in [1.807, 2.05) is 0 Å². The van der Waals surface area contributed by atoms with E-state index in [1.54, 1.807) is 6.92 Å². The van der Waals surface area contributed by atoms with Gasteiger partial charge in [-0.05, 0) is 6.54 Å². The predicted octanol–water partition coefficient (Wildman–Crippen LogP) is -2.60. The summed E-state index contributed by atoms with van der Waals surface area (Å²) in [6.07, 6.45) is 0. The van der Waals surface area contributed by atoms with E-state index >= 15 is 0 Å². The second-order valence-electron chi connectivity index (χ2n) is 1.51. The third-order valence-corrected chi connectivity index (χ3v) is 0.680. The molecule has 0 atom stereocenters. The topological polar surface area (TPSA) is 104 Å². The van der Waals surface area contributed by atoms with Gasteiger partial charge in [-0.1, -0.05) is 6.92 Å². The molecule has 0 saturated heterocycles. The molecule has 0 heterocycles. The zero-order chi connectivity index (χ0) is 6.62. The smallest absolute Gasteiger partial charge is 0.246 e. The van der Waals surface area contributed by atoms with Crippen LogP contribution in [-0.2, 0) is 0 Å². The maximum atomic E-state index is 8.52. The minimum atomic E-state index is -2.10. The van der Waals surface area contributed by atoms with Crippen LogP contribution >= 0.6 is 0 Å². The van der Waals surface area contributed by atoms with E-state index in [1.165, 1.54) is 0 Å². The summed E-state index contributed by atoms with van der Waals surface area (Å²) in [4.78, 5) is 0. The fraction of sp³-hybridized carbons (Fsp3) is 1.00. The fourth-order valence-corrected chi connectivity index (χ4v) is 0.339. The van der Waals surface area contributed by atoms with Crippen molar-refractivity contribution in [3.8, 4) is 0 Å². The van der Waals surface area contributed by atoms with Crippen LogP contribution in [0.3, 0.4) is 0 Å². The van der Waals surface area contributed by atoms with Gasteiger partial charge in [-0.15, -0.1) is 0 Å². The van der Waals surface area contributed by atoms with Gasteiger partial charge in [0.2, 0.25) is 5.91 Å². The number of aliphatic hydroxyl groups is 3. The molecule has 0 aromatic carbocycles. The summed E-state index contributed by atoms with van der Waals surface area (Å²) in [5, 5.41) is 27.4. The molecule has 0 aliphatic heterocycles. The Kier molecular flexibility index (Phi) is 5.99. The number of nitrogens with one attached hydrogen (secondary N) is 1. The summed E-state index contributed by atoms with van der Waals surface area (Å²) in [5.41, 5.74) is 0. The first-order chi connectivity index (χ1) is 3.62. The molecule has 5 heteroatoms. The lowest BCUT2D eigenvalue weighted by atomic mass is 10.5. The molecule has 0 saturated carbocycles. The maximum absolute atomic E-state index is 8.52. The Morgan fingerprint density at radius 3 is 2.00 bits per heavy atom. The molecule has 0 aromatic rings. The molecular weight excluding hydrogens is 126 g/mol. The van der Waals surface area contributed by atoms with Crippen LogP contribution in [0.2, 0.25) is 0 Å². The van der Waals surface area contributed by atoms with E-state index < -0.39 is 12.5 Å². The lowest BCUT2D eigenvalue weighted by molar-refractivity contribution is -0.207. The zero-order valence-corrected chi connectivity index (χ0v) is 5.26. The molecule has 0 unspecified atom stereocenters. The van der Waals surface area contributed by atoms with Crippen molar-refractivity contribution >= 4 is 0 Å². The number of hydrogen-bond acceptors (Lipinski definition) is 4. The molecule has 6 N–H and O–H groups in total. The van der Waals surface area contributed by atoms with Gasteiger partial charge in [0.1, 0.15) is 6.61 Å². The molecule has 0 amide bonds. The van der Waals surface area contributed by atoms with Gasteiger partial charge in [0.15, 0.2) is 0 Å². The minimum absolute atomic E-state index is 0. The van der Waals surface area contributed by atoms with Crippen molar-refractivity contribution in [1.29, 1.82) is 0 Å². The van der Waals surface area contributed by atoms with Crippen LogP contribution in [0.25, 0.3) is 0 Å². The molecule has 0 aromatic heterocycles. The first-order valence-corrected chi connectivity index (χ1v) is 2.43. The van der Waals surface area contributed by atoms with Crippen LogP contribution in [0.5, 0.6) is 0 Å². The summed E-state index contributed by atoms with van der Waals surface area (Å²) in [7, 11) is 0. The van der Waals surface area contributed by atoms with Crippen molar-refractivity contribution in [3.05, 3.63) is 0 Å². The molecule has 0 spiro atoms. The van der Waals surface area contributed by atoms with Gasteiger partial charge in [0.05, 0.1) is 0 Å². The summed E-state index contributed by atoms with van der Waals surface area (Å²) in [6, 6.07) is 0. The van der Waals surface area contributed by atoms with Crippen LogP contribution < -0.4 is 5.32 Å². The van der Waals surface area contributed by atoms with Gasteiger partial charge >= 0.3 is 0 Å². The van der Waals surface area contributed by atoms with Crippen molar-refractivity contribution in [2.75, 3.05) is 13.2 Å². The van der Waals surface area contributed by atoms with E-state index in [4.69, 9.17) is 15.3 Å². The standard InChI is InChI=1S/C4H11NO3.H2O/c1-2-5-4(7,8)3-6;/h5-8H,2-3H2,1H3;1H2. The Morgan fingerprint density at radius 1 is 1.44 bits per heavy atom. The normalized spacial score (nSPS) is 10.7. The Morgan fingerprint density at radius 2 is 1.89 bits per heavy atom. The summed E-state index contributed by atoms with van der Waals surface area (Å²) >= 11 is 0. The Hall–Kier alpha value is -0.200. The highest BCUT2D eigenvalue weighted by Gasteiger charge is 2.18. The van der Waals surface area contributed by atoms with Crippen molar-refractivity contribution in [3.63, 3.8) is 0 Å². The molecular formula is C4H13NO4. The monoisotopic (exact) mass is 139 g/mol. The summed E-state index contributed by atoms with van der Waals surface area (Å²) in [6.45, 7) is 1.42. The van der Waals surface area contributed by atoms with Crippen LogP contribution in [0.15, 0.2) is 0 Å². The summed E-state index contributed by atoms with van der Waals surface area (Å²) in [5.74, 6) is -2.10. The highest BCUT2D eigenvalue weighted by molar-refractivity contribution is 4.55. The van der Waals surface area contributed by atoms with E-state index in [0.717, 1.165) is 0 Å². The predicted molar refractivity (Wildman–Crippen MR) is 31.5 cm³/mol. The Balaban J connectivity index is 0. The molecule has 9 heavy (non-hydrogen) atoms. The first kappa shape index (κ1) is 11.6. The van der Waals surface area contributed by atoms with Crippen molar-refractivity contribution in [2.45, 2.75) is 12.8 Å². The lowest BCUT2D eigenvalue weighted by Gasteiger charge is -2.18. The van der Waals surface area contributed by atoms with E-state index in [0.29, 0.717) is 6.54 Å². The summed E-state index contributed by atoms with van der Waals surface area (Å²) < 4.78 is 0. The fourth-order valence-electron chi connectivity index (χ4n) is 0.339. The molecule has 0 radical (unpaired) electrons.